The lowest BCUT2D eigenvalue weighted by molar-refractivity contribution is 0.451. The zero-order valence-corrected chi connectivity index (χ0v) is 9.99. The van der Waals surface area contributed by atoms with Gasteiger partial charge in [0.1, 0.15) is 0 Å². The zero-order valence-electron chi connectivity index (χ0n) is 9.99. The molecule has 0 amide bonds. The van der Waals surface area contributed by atoms with Gasteiger partial charge in [0.15, 0.2) is 0 Å². The maximum atomic E-state index is 8.93. The first-order valence-corrected chi connectivity index (χ1v) is 5.44. The molecule has 1 heterocycles. The minimum Gasteiger partial charge on any atom is -0.270 e. The van der Waals surface area contributed by atoms with Gasteiger partial charge in [-0.3, -0.25) is 4.68 Å². The molecule has 0 aliphatic heterocycles. The molecule has 1 atom stereocenters. The number of nitriles is 1. The summed E-state index contributed by atoms with van der Waals surface area (Å²) in [5.41, 5.74) is 0.677. The Balaban J connectivity index is 2.74. The second kappa shape index (κ2) is 4.48. The van der Waals surface area contributed by atoms with Crippen molar-refractivity contribution in [2.24, 2.45) is 5.41 Å². The highest BCUT2D eigenvalue weighted by atomic mass is 15.3. The van der Waals surface area contributed by atoms with Crippen LogP contribution >= 0.6 is 0 Å². The van der Waals surface area contributed by atoms with Crippen LogP contribution in [0.5, 0.6) is 0 Å². The lowest BCUT2D eigenvalue weighted by Gasteiger charge is -2.13. The fourth-order valence-corrected chi connectivity index (χ4v) is 1.40. The lowest BCUT2D eigenvalue weighted by Crippen LogP contribution is -2.13. The third-order valence-corrected chi connectivity index (χ3v) is 2.63. The van der Waals surface area contributed by atoms with E-state index in [1.54, 1.807) is 0 Å². The first-order valence-electron chi connectivity index (χ1n) is 5.44. The van der Waals surface area contributed by atoms with Gasteiger partial charge in [-0.15, -0.1) is 0 Å². The van der Waals surface area contributed by atoms with E-state index in [0.29, 0.717) is 12.5 Å². The number of hydrogen-bond donors (Lipinski definition) is 0. The number of rotatable bonds is 4. The first-order chi connectivity index (χ1) is 6.98. The van der Waals surface area contributed by atoms with Gasteiger partial charge in [-0.1, -0.05) is 6.92 Å². The van der Waals surface area contributed by atoms with Gasteiger partial charge in [-0.05, 0) is 33.3 Å². The van der Waals surface area contributed by atoms with Gasteiger partial charge in [0.2, 0.25) is 0 Å². The molecular weight excluding hydrogens is 186 g/mol. The predicted octanol–water partition coefficient (Wildman–Crippen LogP) is 2.95. The fourth-order valence-electron chi connectivity index (χ4n) is 1.40. The summed E-state index contributed by atoms with van der Waals surface area (Å²) in [5.74, 6) is 0. The standard InChI is InChI=1S/C12H19N3/c1-5-10(2)15-7-6-11(14-15)8-12(3,4)9-13/h6-7,10H,5,8H2,1-4H3. The molecule has 0 N–H and O–H groups in total. The van der Waals surface area contributed by atoms with Crippen LogP contribution in [0.4, 0.5) is 0 Å². The van der Waals surface area contributed by atoms with E-state index < -0.39 is 0 Å². The monoisotopic (exact) mass is 205 g/mol. The topological polar surface area (TPSA) is 41.6 Å². The van der Waals surface area contributed by atoms with Crippen LogP contribution in [-0.2, 0) is 6.42 Å². The van der Waals surface area contributed by atoms with Crippen LogP contribution in [0.2, 0.25) is 0 Å². The summed E-state index contributed by atoms with van der Waals surface area (Å²) in [6.07, 6.45) is 3.78. The van der Waals surface area contributed by atoms with Crippen LogP contribution in [0.1, 0.15) is 45.9 Å². The average molecular weight is 205 g/mol. The van der Waals surface area contributed by atoms with Crippen LogP contribution in [-0.4, -0.2) is 9.78 Å². The van der Waals surface area contributed by atoms with E-state index in [2.05, 4.69) is 25.0 Å². The van der Waals surface area contributed by atoms with Gasteiger partial charge in [0.25, 0.3) is 0 Å². The van der Waals surface area contributed by atoms with Crippen molar-refractivity contribution in [2.45, 2.75) is 46.6 Å². The molecule has 0 saturated heterocycles. The summed E-state index contributed by atoms with van der Waals surface area (Å²) in [6.45, 7) is 8.17. The molecule has 0 aliphatic rings. The van der Waals surface area contributed by atoms with E-state index in [-0.39, 0.29) is 5.41 Å². The quantitative estimate of drug-likeness (QED) is 0.758. The Labute approximate surface area is 91.7 Å². The minimum atomic E-state index is -0.325. The van der Waals surface area contributed by atoms with Crippen molar-refractivity contribution in [1.29, 1.82) is 5.26 Å². The Morgan fingerprint density at radius 2 is 2.27 bits per heavy atom. The predicted molar refractivity (Wildman–Crippen MR) is 60.3 cm³/mol. The Morgan fingerprint density at radius 1 is 1.60 bits per heavy atom. The summed E-state index contributed by atoms with van der Waals surface area (Å²) in [4.78, 5) is 0. The van der Waals surface area contributed by atoms with Crippen molar-refractivity contribution < 1.29 is 0 Å². The molecule has 1 unspecified atom stereocenters. The zero-order chi connectivity index (χ0) is 11.5. The molecule has 0 aliphatic carbocycles. The van der Waals surface area contributed by atoms with Crippen molar-refractivity contribution in [3.8, 4) is 6.07 Å². The van der Waals surface area contributed by atoms with Gasteiger partial charge in [0.05, 0.1) is 17.2 Å². The smallest absolute Gasteiger partial charge is 0.0688 e. The van der Waals surface area contributed by atoms with Gasteiger partial charge in [-0.25, -0.2) is 0 Å². The molecule has 1 aromatic rings. The molecule has 3 nitrogen and oxygen atoms in total. The van der Waals surface area contributed by atoms with E-state index in [9.17, 15) is 0 Å². The van der Waals surface area contributed by atoms with E-state index in [0.717, 1.165) is 12.1 Å². The Kier molecular flexibility index (Phi) is 3.52. The van der Waals surface area contributed by atoms with E-state index in [1.165, 1.54) is 0 Å². The first kappa shape index (κ1) is 11.8. The van der Waals surface area contributed by atoms with Crippen LogP contribution in [0.15, 0.2) is 12.3 Å². The van der Waals surface area contributed by atoms with Gasteiger partial charge >= 0.3 is 0 Å². The molecule has 0 bridgehead atoms. The summed E-state index contributed by atoms with van der Waals surface area (Å²) in [6, 6.07) is 4.73. The fraction of sp³-hybridized carbons (Fsp3) is 0.667. The van der Waals surface area contributed by atoms with Crippen LogP contribution in [0, 0.1) is 16.7 Å². The highest BCUT2D eigenvalue weighted by Gasteiger charge is 2.19. The minimum absolute atomic E-state index is 0.325. The highest BCUT2D eigenvalue weighted by Crippen LogP contribution is 2.20. The summed E-state index contributed by atoms with van der Waals surface area (Å²) in [7, 11) is 0. The highest BCUT2D eigenvalue weighted by molar-refractivity contribution is 5.07. The van der Waals surface area contributed by atoms with Gasteiger partial charge < -0.3 is 0 Å². The molecule has 0 fully saturated rings. The van der Waals surface area contributed by atoms with Crippen molar-refractivity contribution >= 4 is 0 Å². The summed E-state index contributed by atoms with van der Waals surface area (Å²) in [5, 5.41) is 13.4. The molecule has 1 rings (SSSR count). The van der Waals surface area contributed by atoms with Crippen LogP contribution in [0.3, 0.4) is 0 Å². The molecule has 82 valence electrons. The molecule has 0 radical (unpaired) electrons. The van der Waals surface area contributed by atoms with Crippen molar-refractivity contribution in [3.63, 3.8) is 0 Å². The van der Waals surface area contributed by atoms with Crippen LogP contribution < -0.4 is 0 Å². The van der Waals surface area contributed by atoms with Gasteiger partial charge in [0, 0.05) is 18.7 Å². The lowest BCUT2D eigenvalue weighted by atomic mass is 9.90. The third-order valence-electron chi connectivity index (χ3n) is 2.63. The molecule has 3 heteroatoms. The van der Waals surface area contributed by atoms with Crippen molar-refractivity contribution in [1.82, 2.24) is 9.78 Å². The van der Waals surface area contributed by atoms with Gasteiger partial charge in [-0.2, -0.15) is 10.4 Å². The normalized spacial score (nSPS) is 13.5. The van der Waals surface area contributed by atoms with Crippen molar-refractivity contribution in [2.75, 3.05) is 0 Å². The number of aromatic nitrogens is 2. The summed E-state index contributed by atoms with van der Waals surface area (Å²) >= 11 is 0. The molecular formula is C12H19N3. The third kappa shape index (κ3) is 3.09. The number of nitrogens with zero attached hydrogens (tertiary/aromatic N) is 3. The molecule has 0 saturated carbocycles. The second-order valence-electron chi connectivity index (χ2n) is 4.72. The van der Waals surface area contributed by atoms with Crippen molar-refractivity contribution in [3.05, 3.63) is 18.0 Å². The Morgan fingerprint density at radius 3 is 2.80 bits per heavy atom. The molecule has 0 spiro atoms. The largest absolute Gasteiger partial charge is 0.270 e. The Bertz CT molecular complexity index is 357. The average Bonchev–Trinajstić information content (AvgIpc) is 2.64. The molecule has 0 aromatic carbocycles. The second-order valence-corrected chi connectivity index (χ2v) is 4.72. The Hall–Kier alpha value is -1.30. The molecule has 1 aromatic heterocycles. The van der Waals surface area contributed by atoms with Crippen LogP contribution in [0.25, 0.3) is 0 Å². The SMILES string of the molecule is CCC(C)n1ccc(CC(C)(C)C#N)n1. The van der Waals surface area contributed by atoms with E-state index >= 15 is 0 Å². The van der Waals surface area contributed by atoms with E-state index in [4.69, 9.17) is 5.26 Å². The number of hydrogen-bond acceptors (Lipinski definition) is 2. The summed E-state index contributed by atoms with van der Waals surface area (Å²) < 4.78 is 1.97. The maximum Gasteiger partial charge on any atom is 0.0688 e. The van der Waals surface area contributed by atoms with E-state index in [1.807, 2.05) is 30.8 Å². The molecule has 15 heavy (non-hydrogen) atoms. The maximum absolute atomic E-state index is 8.93.